The maximum Gasteiger partial charge on any atom is 0.321 e. The number of benzene rings is 2. The molecule has 2 aromatic carbocycles. The van der Waals surface area contributed by atoms with Gasteiger partial charge in [0.05, 0.1) is 19.8 Å². The predicted molar refractivity (Wildman–Crippen MR) is 135 cm³/mol. The Kier molecular flexibility index (Phi) is 9.34. The fraction of sp³-hybridized carbons (Fsp3) is 0.423. The monoisotopic (exact) mass is 482 g/mol. The molecular weight excluding hydrogens is 448 g/mol. The lowest BCUT2D eigenvalue weighted by Gasteiger charge is -2.33. The zero-order chi connectivity index (χ0) is 25.2. The third-order valence-electron chi connectivity index (χ3n) is 5.74. The summed E-state index contributed by atoms with van der Waals surface area (Å²) in [7, 11) is 1.63. The van der Waals surface area contributed by atoms with Crippen LogP contribution in [0.25, 0.3) is 0 Å². The molecule has 4 amide bonds. The minimum Gasteiger partial charge on any atom is -0.490 e. The van der Waals surface area contributed by atoms with Crippen molar-refractivity contribution in [1.29, 1.82) is 0 Å². The third kappa shape index (κ3) is 7.37. The highest BCUT2D eigenvalue weighted by molar-refractivity contribution is 5.95. The summed E-state index contributed by atoms with van der Waals surface area (Å²) in [5, 5.41) is 5.69. The maximum atomic E-state index is 12.9. The number of likely N-dealkylation sites (tertiary alicyclic amines) is 1. The van der Waals surface area contributed by atoms with Crippen molar-refractivity contribution in [2.24, 2.45) is 5.92 Å². The molecule has 1 aliphatic heterocycles. The second kappa shape index (κ2) is 12.6. The molecule has 1 saturated heterocycles. The van der Waals surface area contributed by atoms with Gasteiger partial charge < -0.3 is 29.9 Å². The van der Waals surface area contributed by atoms with Crippen LogP contribution in [-0.4, -0.2) is 67.5 Å². The third-order valence-corrected chi connectivity index (χ3v) is 5.74. The van der Waals surface area contributed by atoms with Crippen molar-refractivity contribution in [2.75, 3.05) is 50.5 Å². The quantitative estimate of drug-likeness (QED) is 0.566. The maximum absolute atomic E-state index is 12.9. The van der Waals surface area contributed by atoms with E-state index in [0.29, 0.717) is 56.3 Å². The number of para-hydroxylation sites is 1. The number of carbonyl (C=O) groups excluding carboxylic acids is 3. The number of nitrogens with zero attached hydrogens (tertiary/aromatic N) is 2. The molecule has 0 spiro atoms. The highest BCUT2D eigenvalue weighted by Crippen LogP contribution is 2.30. The molecule has 0 radical (unpaired) electrons. The van der Waals surface area contributed by atoms with Crippen molar-refractivity contribution in [3.05, 3.63) is 48.5 Å². The summed E-state index contributed by atoms with van der Waals surface area (Å²) in [4.78, 5) is 41.1. The van der Waals surface area contributed by atoms with E-state index in [2.05, 4.69) is 10.6 Å². The van der Waals surface area contributed by atoms with Crippen LogP contribution in [0.15, 0.2) is 48.5 Å². The molecule has 2 aromatic rings. The Labute approximate surface area is 206 Å². The van der Waals surface area contributed by atoms with E-state index in [0.717, 1.165) is 5.69 Å². The van der Waals surface area contributed by atoms with Gasteiger partial charge >= 0.3 is 6.03 Å². The molecule has 9 nitrogen and oxygen atoms in total. The van der Waals surface area contributed by atoms with Gasteiger partial charge in [0.25, 0.3) is 0 Å². The molecule has 0 saturated carbocycles. The number of anilines is 2. The van der Waals surface area contributed by atoms with E-state index in [9.17, 15) is 14.4 Å². The lowest BCUT2D eigenvalue weighted by molar-refractivity contribution is -0.138. The number of ether oxygens (including phenoxy) is 2. The van der Waals surface area contributed by atoms with Gasteiger partial charge in [-0.25, -0.2) is 4.79 Å². The first-order valence-corrected chi connectivity index (χ1v) is 12.0. The standard InChI is InChI=1S/C26H34N4O5/c1-4-34-22-12-11-21(17-23(22)35-5-2)27-24(31)18-29(3)25(32)19-13-15-30(16-14-19)26(33)28-20-9-7-6-8-10-20/h6-12,17,19H,4-5,13-16,18H2,1-3H3,(H,27,31)(H,28,33). The minimum absolute atomic E-state index is 0.0648. The number of hydrogen-bond acceptors (Lipinski definition) is 5. The minimum atomic E-state index is -0.299. The summed E-state index contributed by atoms with van der Waals surface area (Å²) < 4.78 is 11.1. The van der Waals surface area contributed by atoms with Gasteiger partial charge in [0.15, 0.2) is 11.5 Å². The van der Waals surface area contributed by atoms with Gasteiger partial charge in [-0.3, -0.25) is 9.59 Å². The van der Waals surface area contributed by atoms with E-state index in [1.807, 2.05) is 44.2 Å². The Balaban J connectivity index is 1.47. The SMILES string of the molecule is CCOc1ccc(NC(=O)CN(C)C(=O)C2CCN(C(=O)Nc3ccccc3)CC2)cc1OCC. The van der Waals surface area contributed by atoms with Crippen LogP contribution >= 0.6 is 0 Å². The number of piperidine rings is 1. The highest BCUT2D eigenvalue weighted by atomic mass is 16.5. The van der Waals surface area contributed by atoms with E-state index < -0.39 is 0 Å². The molecule has 2 N–H and O–H groups in total. The molecule has 0 atom stereocenters. The van der Waals surface area contributed by atoms with E-state index in [1.165, 1.54) is 4.90 Å². The average molecular weight is 483 g/mol. The Morgan fingerprint density at radius 2 is 1.57 bits per heavy atom. The number of nitrogens with one attached hydrogen (secondary N) is 2. The zero-order valence-electron chi connectivity index (χ0n) is 20.6. The number of urea groups is 1. The van der Waals surface area contributed by atoms with Crippen LogP contribution in [0.5, 0.6) is 11.5 Å². The topological polar surface area (TPSA) is 100 Å². The molecule has 1 heterocycles. The molecule has 0 aliphatic carbocycles. The van der Waals surface area contributed by atoms with Crippen molar-refractivity contribution >= 4 is 29.2 Å². The van der Waals surface area contributed by atoms with Crippen LogP contribution in [0.3, 0.4) is 0 Å². The van der Waals surface area contributed by atoms with E-state index in [1.54, 1.807) is 30.1 Å². The van der Waals surface area contributed by atoms with Crippen LogP contribution in [-0.2, 0) is 9.59 Å². The van der Waals surface area contributed by atoms with Gasteiger partial charge in [0.1, 0.15) is 0 Å². The second-order valence-corrected chi connectivity index (χ2v) is 8.33. The molecule has 9 heteroatoms. The van der Waals surface area contributed by atoms with Crippen molar-refractivity contribution in [3.8, 4) is 11.5 Å². The summed E-state index contributed by atoms with van der Waals surface area (Å²) in [6.45, 7) is 5.66. The average Bonchev–Trinajstić information content (AvgIpc) is 2.86. The summed E-state index contributed by atoms with van der Waals surface area (Å²) in [6.07, 6.45) is 1.12. The van der Waals surface area contributed by atoms with Crippen LogP contribution in [0.1, 0.15) is 26.7 Å². The van der Waals surface area contributed by atoms with Crippen LogP contribution in [0, 0.1) is 5.92 Å². The van der Waals surface area contributed by atoms with Gasteiger partial charge in [-0.15, -0.1) is 0 Å². The number of likely N-dealkylation sites (N-methyl/N-ethyl adjacent to an activating group) is 1. The van der Waals surface area contributed by atoms with Crippen molar-refractivity contribution in [2.45, 2.75) is 26.7 Å². The van der Waals surface area contributed by atoms with E-state index in [-0.39, 0.29) is 30.3 Å². The Morgan fingerprint density at radius 3 is 2.23 bits per heavy atom. The molecule has 188 valence electrons. The largest absolute Gasteiger partial charge is 0.490 e. The molecule has 0 aromatic heterocycles. The fourth-order valence-electron chi connectivity index (χ4n) is 3.99. The van der Waals surface area contributed by atoms with E-state index in [4.69, 9.17) is 9.47 Å². The predicted octanol–water partition coefficient (Wildman–Crippen LogP) is 3.83. The van der Waals surface area contributed by atoms with Gasteiger partial charge in [0.2, 0.25) is 11.8 Å². The van der Waals surface area contributed by atoms with Gasteiger partial charge in [-0.2, -0.15) is 0 Å². The summed E-state index contributed by atoms with van der Waals surface area (Å²) in [5.41, 5.74) is 1.31. The van der Waals surface area contributed by atoms with E-state index >= 15 is 0 Å². The summed E-state index contributed by atoms with van der Waals surface area (Å²) in [5.74, 6) is 0.559. The second-order valence-electron chi connectivity index (χ2n) is 8.33. The number of rotatable bonds is 9. The molecule has 0 unspecified atom stereocenters. The first-order valence-electron chi connectivity index (χ1n) is 12.0. The normalized spacial score (nSPS) is 13.6. The first kappa shape index (κ1) is 25.9. The molecule has 3 rings (SSSR count). The fourth-order valence-corrected chi connectivity index (χ4v) is 3.99. The summed E-state index contributed by atoms with van der Waals surface area (Å²) in [6, 6.07) is 14.3. The molecular formula is C26H34N4O5. The highest BCUT2D eigenvalue weighted by Gasteiger charge is 2.29. The lowest BCUT2D eigenvalue weighted by Crippen LogP contribution is -2.46. The molecule has 0 bridgehead atoms. The molecule has 35 heavy (non-hydrogen) atoms. The van der Waals surface area contributed by atoms with Crippen LogP contribution in [0.2, 0.25) is 0 Å². The van der Waals surface area contributed by atoms with Crippen LogP contribution in [0.4, 0.5) is 16.2 Å². The van der Waals surface area contributed by atoms with Crippen molar-refractivity contribution in [1.82, 2.24) is 9.80 Å². The van der Waals surface area contributed by atoms with Crippen LogP contribution < -0.4 is 20.1 Å². The first-order chi connectivity index (χ1) is 16.9. The number of carbonyl (C=O) groups is 3. The molecule has 1 aliphatic rings. The van der Waals surface area contributed by atoms with Crippen molar-refractivity contribution in [3.63, 3.8) is 0 Å². The Bertz CT molecular complexity index is 1010. The number of hydrogen-bond donors (Lipinski definition) is 2. The lowest BCUT2D eigenvalue weighted by atomic mass is 9.95. The smallest absolute Gasteiger partial charge is 0.321 e. The zero-order valence-corrected chi connectivity index (χ0v) is 20.6. The number of amides is 4. The van der Waals surface area contributed by atoms with Gasteiger partial charge in [-0.1, -0.05) is 18.2 Å². The van der Waals surface area contributed by atoms with Crippen molar-refractivity contribution < 1.29 is 23.9 Å². The Morgan fingerprint density at radius 1 is 0.914 bits per heavy atom. The molecule has 1 fully saturated rings. The summed E-state index contributed by atoms with van der Waals surface area (Å²) >= 11 is 0. The van der Waals surface area contributed by atoms with Gasteiger partial charge in [-0.05, 0) is 51.0 Å². The Hall–Kier alpha value is -3.75. The van der Waals surface area contributed by atoms with Gasteiger partial charge in [0, 0.05) is 43.5 Å².